The lowest BCUT2D eigenvalue weighted by molar-refractivity contribution is -0.274. The standard InChI is InChI=1S/C17H10BrF3N2O2S/c18-13-4-2-1-3-10(13)9-14-15(24)23(16(26)22-14)11-5-7-12(8-6-11)25-17(19,20)21/h1-9H,(H,22,26)/b14-9+. The molecule has 0 saturated carbocycles. The normalized spacial score (nSPS) is 16.2. The van der Waals surface area contributed by atoms with E-state index in [1.165, 1.54) is 17.0 Å². The number of thiocarbonyl (C=S) groups is 1. The quantitative estimate of drug-likeness (QED) is 0.556. The van der Waals surface area contributed by atoms with Crippen LogP contribution in [0.1, 0.15) is 5.56 Å². The average Bonchev–Trinajstić information content (AvgIpc) is 2.83. The number of benzene rings is 2. The van der Waals surface area contributed by atoms with Gasteiger partial charge in [-0.1, -0.05) is 34.1 Å². The van der Waals surface area contributed by atoms with Crippen LogP contribution in [0, 0.1) is 0 Å². The summed E-state index contributed by atoms with van der Waals surface area (Å²) in [5.41, 5.74) is 1.37. The Labute approximate surface area is 160 Å². The minimum absolute atomic E-state index is 0.137. The third-order valence-corrected chi connectivity index (χ3v) is 4.42. The summed E-state index contributed by atoms with van der Waals surface area (Å²) in [6.07, 6.45) is -3.14. The zero-order valence-corrected chi connectivity index (χ0v) is 15.3. The average molecular weight is 443 g/mol. The van der Waals surface area contributed by atoms with E-state index in [-0.39, 0.29) is 16.6 Å². The zero-order valence-electron chi connectivity index (χ0n) is 12.9. The van der Waals surface area contributed by atoms with Crippen molar-refractivity contribution in [2.45, 2.75) is 6.36 Å². The first-order valence-electron chi connectivity index (χ1n) is 7.22. The summed E-state index contributed by atoms with van der Waals surface area (Å²) in [5.74, 6) is -0.786. The van der Waals surface area contributed by atoms with Gasteiger partial charge in [0.05, 0.1) is 5.69 Å². The molecule has 26 heavy (non-hydrogen) atoms. The maximum absolute atomic E-state index is 12.6. The summed E-state index contributed by atoms with van der Waals surface area (Å²) in [4.78, 5) is 13.8. The highest BCUT2D eigenvalue weighted by molar-refractivity contribution is 9.10. The molecule has 134 valence electrons. The number of carbonyl (C=O) groups excluding carboxylic acids is 1. The van der Waals surface area contributed by atoms with E-state index in [1.807, 2.05) is 24.3 Å². The lowest BCUT2D eigenvalue weighted by Crippen LogP contribution is -2.30. The van der Waals surface area contributed by atoms with Gasteiger partial charge in [0.2, 0.25) is 0 Å². The van der Waals surface area contributed by atoms with Gasteiger partial charge in [-0.05, 0) is 54.2 Å². The van der Waals surface area contributed by atoms with Crippen LogP contribution in [-0.4, -0.2) is 17.4 Å². The fourth-order valence-electron chi connectivity index (χ4n) is 2.31. The molecule has 0 aliphatic carbocycles. The van der Waals surface area contributed by atoms with Crippen LogP contribution in [0.15, 0.2) is 58.7 Å². The van der Waals surface area contributed by atoms with Gasteiger partial charge in [0, 0.05) is 4.47 Å². The Morgan fingerprint density at radius 1 is 1.12 bits per heavy atom. The van der Waals surface area contributed by atoms with Crippen LogP contribution < -0.4 is 15.0 Å². The molecule has 0 unspecified atom stereocenters. The molecule has 1 heterocycles. The van der Waals surface area contributed by atoms with Crippen molar-refractivity contribution in [3.05, 3.63) is 64.3 Å². The van der Waals surface area contributed by atoms with Crippen LogP contribution in [-0.2, 0) is 4.79 Å². The van der Waals surface area contributed by atoms with Crippen molar-refractivity contribution in [1.82, 2.24) is 5.32 Å². The van der Waals surface area contributed by atoms with Gasteiger partial charge in [0.15, 0.2) is 5.11 Å². The molecular weight excluding hydrogens is 433 g/mol. The number of carbonyl (C=O) groups is 1. The van der Waals surface area contributed by atoms with Crippen molar-refractivity contribution in [1.29, 1.82) is 0 Å². The first kappa shape index (κ1) is 18.4. The first-order valence-corrected chi connectivity index (χ1v) is 8.42. The third kappa shape index (κ3) is 4.05. The van der Waals surface area contributed by atoms with Crippen LogP contribution in [0.5, 0.6) is 5.75 Å². The molecule has 4 nitrogen and oxygen atoms in total. The topological polar surface area (TPSA) is 41.6 Å². The summed E-state index contributed by atoms with van der Waals surface area (Å²) in [6.45, 7) is 0. The number of hydrogen-bond donors (Lipinski definition) is 1. The van der Waals surface area contributed by atoms with Gasteiger partial charge in [0.25, 0.3) is 5.91 Å². The van der Waals surface area contributed by atoms with Crippen molar-refractivity contribution in [2.24, 2.45) is 0 Å². The molecule has 1 aliphatic rings. The Bertz CT molecular complexity index is 898. The van der Waals surface area contributed by atoms with Crippen LogP contribution in [0.2, 0.25) is 0 Å². The second kappa shape index (κ2) is 7.08. The first-order chi connectivity index (χ1) is 12.2. The van der Waals surface area contributed by atoms with Crippen molar-refractivity contribution < 1.29 is 22.7 Å². The lowest BCUT2D eigenvalue weighted by atomic mass is 10.2. The van der Waals surface area contributed by atoms with E-state index in [4.69, 9.17) is 12.2 Å². The van der Waals surface area contributed by atoms with Gasteiger partial charge < -0.3 is 10.1 Å². The minimum Gasteiger partial charge on any atom is -0.406 e. The molecule has 1 fully saturated rings. The Kier molecular flexibility index (Phi) is 5.01. The molecule has 0 aromatic heterocycles. The molecule has 1 N–H and O–H groups in total. The molecule has 1 amide bonds. The fourth-order valence-corrected chi connectivity index (χ4v) is 3.01. The smallest absolute Gasteiger partial charge is 0.406 e. The number of hydrogen-bond acceptors (Lipinski definition) is 3. The molecule has 9 heteroatoms. The summed E-state index contributed by atoms with van der Waals surface area (Å²) < 4.78 is 41.3. The highest BCUT2D eigenvalue weighted by Gasteiger charge is 2.33. The van der Waals surface area contributed by atoms with E-state index in [0.717, 1.165) is 22.2 Å². The van der Waals surface area contributed by atoms with Gasteiger partial charge in [0.1, 0.15) is 11.4 Å². The highest BCUT2D eigenvalue weighted by Crippen LogP contribution is 2.28. The second-order valence-corrected chi connectivity index (χ2v) is 6.43. The molecular formula is C17H10BrF3N2O2S. The summed E-state index contributed by atoms with van der Waals surface area (Å²) in [5, 5.41) is 2.95. The molecule has 0 atom stereocenters. The molecule has 1 saturated heterocycles. The summed E-state index contributed by atoms with van der Waals surface area (Å²) in [6, 6.07) is 12.2. The molecule has 1 aliphatic heterocycles. The second-order valence-electron chi connectivity index (χ2n) is 5.19. The number of nitrogens with one attached hydrogen (secondary N) is 1. The van der Waals surface area contributed by atoms with E-state index in [0.29, 0.717) is 5.69 Å². The third-order valence-electron chi connectivity index (χ3n) is 3.41. The van der Waals surface area contributed by atoms with Crippen molar-refractivity contribution in [2.75, 3.05) is 4.90 Å². The molecule has 3 rings (SSSR count). The predicted octanol–water partition coefficient (Wildman–Crippen LogP) is 4.61. The van der Waals surface area contributed by atoms with Crippen LogP contribution in [0.3, 0.4) is 0 Å². The Hall–Kier alpha value is -2.39. The highest BCUT2D eigenvalue weighted by atomic mass is 79.9. The Morgan fingerprint density at radius 3 is 2.38 bits per heavy atom. The number of halogens is 4. The van der Waals surface area contributed by atoms with Gasteiger partial charge in [-0.3, -0.25) is 9.69 Å². The van der Waals surface area contributed by atoms with Gasteiger partial charge in [-0.25, -0.2) is 0 Å². The Balaban J connectivity index is 1.84. The van der Waals surface area contributed by atoms with Crippen LogP contribution in [0.25, 0.3) is 6.08 Å². The van der Waals surface area contributed by atoms with E-state index in [9.17, 15) is 18.0 Å². The largest absolute Gasteiger partial charge is 0.573 e. The number of alkyl halides is 3. The predicted molar refractivity (Wildman–Crippen MR) is 98.5 cm³/mol. The maximum atomic E-state index is 12.6. The molecule has 0 radical (unpaired) electrons. The number of anilines is 1. The fraction of sp³-hybridized carbons (Fsp3) is 0.0588. The van der Waals surface area contributed by atoms with E-state index >= 15 is 0 Å². The van der Waals surface area contributed by atoms with Crippen molar-refractivity contribution in [3.63, 3.8) is 0 Å². The summed E-state index contributed by atoms with van der Waals surface area (Å²) in [7, 11) is 0. The number of rotatable bonds is 3. The molecule has 2 aromatic rings. The molecule has 2 aromatic carbocycles. The molecule has 0 bridgehead atoms. The minimum atomic E-state index is -4.78. The number of nitrogens with zero attached hydrogens (tertiary/aromatic N) is 1. The zero-order chi connectivity index (χ0) is 18.9. The van der Waals surface area contributed by atoms with Crippen LogP contribution in [0.4, 0.5) is 18.9 Å². The van der Waals surface area contributed by atoms with Crippen LogP contribution >= 0.6 is 28.1 Å². The SMILES string of the molecule is O=C1/C(=C\c2ccccc2Br)NC(=S)N1c1ccc(OC(F)(F)F)cc1. The molecule has 0 spiro atoms. The van der Waals surface area contributed by atoms with Crippen molar-refractivity contribution >= 4 is 50.9 Å². The van der Waals surface area contributed by atoms with E-state index in [2.05, 4.69) is 26.0 Å². The number of ether oxygens (including phenoxy) is 1. The summed E-state index contributed by atoms with van der Waals surface area (Å²) >= 11 is 8.57. The van der Waals surface area contributed by atoms with Gasteiger partial charge in [-0.15, -0.1) is 13.2 Å². The maximum Gasteiger partial charge on any atom is 0.573 e. The number of amides is 1. The monoisotopic (exact) mass is 442 g/mol. The van der Waals surface area contributed by atoms with Crippen molar-refractivity contribution in [3.8, 4) is 5.75 Å². The van der Waals surface area contributed by atoms with E-state index < -0.39 is 12.3 Å². The Morgan fingerprint density at radius 2 is 1.77 bits per heavy atom. The van der Waals surface area contributed by atoms with E-state index in [1.54, 1.807) is 6.08 Å². The van der Waals surface area contributed by atoms with Gasteiger partial charge in [-0.2, -0.15) is 0 Å². The lowest BCUT2D eigenvalue weighted by Gasteiger charge is -2.15. The van der Waals surface area contributed by atoms with Gasteiger partial charge >= 0.3 is 6.36 Å².